The van der Waals surface area contributed by atoms with Gasteiger partial charge in [-0.25, -0.2) is 16.8 Å². The molecule has 0 saturated heterocycles. The van der Waals surface area contributed by atoms with Gasteiger partial charge in [-0.3, -0.25) is 9.44 Å². The van der Waals surface area contributed by atoms with Crippen LogP contribution < -0.4 is 9.44 Å². The highest BCUT2D eigenvalue weighted by Crippen LogP contribution is 2.22. The van der Waals surface area contributed by atoms with Crippen molar-refractivity contribution in [2.45, 2.75) is 18.7 Å². The Balaban J connectivity index is 2.25. The van der Waals surface area contributed by atoms with Crippen LogP contribution in [0.4, 0.5) is 11.4 Å². The van der Waals surface area contributed by atoms with Gasteiger partial charge in [-0.05, 0) is 42.3 Å². The predicted octanol–water partition coefficient (Wildman–Crippen LogP) is 3.54. The van der Waals surface area contributed by atoms with Gasteiger partial charge in [0.15, 0.2) is 0 Å². The average Bonchev–Trinajstić information content (AvgIpc) is 2.45. The first-order valence-corrected chi connectivity index (χ1v) is 11.0. The van der Waals surface area contributed by atoms with E-state index in [0.717, 1.165) is 0 Å². The molecule has 2 N–H and O–H groups in total. The fourth-order valence-electron chi connectivity index (χ4n) is 2.15. The molecule has 2 rings (SSSR count). The molecule has 2 aromatic rings. The third kappa shape index (κ3) is 5.91. The molecule has 136 valence electrons. The molecular formula is C16H19ClN2O4S2. The molecule has 0 unspecified atom stereocenters. The van der Waals surface area contributed by atoms with Gasteiger partial charge in [0.25, 0.3) is 10.0 Å². The van der Waals surface area contributed by atoms with Crippen molar-refractivity contribution in [3.63, 3.8) is 0 Å². The SMILES string of the molecule is CC(C)CS(=O)(=O)Nc1cccc(S(=O)(=O)Nc2cccc(Cl)c2)c1. The summed E-state index contributed by atoms with van der Waals surface area (Å²) in [5, 5.41) is 0.399. The zero-order valence-electron chi connectivity index (χ0n) is 13.7. The van der Waals surface area contributed by atoms with Crippen molar-refractivity contribution in [2.75, 3.05) is 15.2 Å². The summed E-state index contributed by atoms with van der Waals surface area (Å²) >= 11 is 5.85. The number of halogens is 1. The molecule has 0 radical (unpaired) electrons. The molecule has 0 saturated carbocycles. The minimum atomic E-state index is -3.87. The number of benzene rings is 2. The Morgan fingerprint density at radius 1 is 0.920 bits per heavy atom. The Hall–Kier alpha value is -1.77. The zero-order chi connectivity index (χ0) is 18.7. The predicted molar refractivity (Wildman–Crippen MR) is 101 cm³/mol. The standard InChI is InChI=1S/C16H19ClN2O4S2/c1-12(2)11-24(20,21)18-15-7-4-8-16(10-15)25(22,23)19-14-6-3-5-13(17)9-14/h3-10,12,18-19H,11H2,1-2H3. The lowest BCUT2D eigenvalue weighted by atomic mass is 10.3. The van der Waals surface area contributed by atoms with Crippen LogP contribution in [-0.2, 0) is 20.0 Å². The Labute approximate surface area is 153 Å². The lowest BCUT2D eigenvalue weighted by Crippen LogP contribution is -2.20. The monoisotopic (exact) mass is 402 g/mol. The van der Waals surface area contributed by atoms with Gasteiger partial charge in [0, 0.05) is 10.7 Å². The van der Waals surface area contributed by atoms with E-state index in [1.54, 1.807) is 32.0 Å². The van der Waals surface area contributed by atoms with Gasteiger partial charge in [0.05, 0.1) is 16.3 Å². The van der Waals surface area contributed by atoms with E-state index in [1.807, 2.05) is 0 Å². The molecule has 0 atom stereocenters. The third-order valence-corrected chi connectivity index (χ3v) is 6.31. The van der Waals surface area contributed by atoms with Crippen molar-refractivity contribution >= 4 is 43.0 Å². The van der Waals surface area contributed by atoms with E-state index >= 15 is 0 Å². The topological polar surface area (TPSA) is 92.3 Å². The van der Waals surface area contributed by atoms with Crippen LogP contribution >= 0.6 is 11.6 Å². The summed E-state index contributed by atoms with van der Waals surface area (Å²) in [4.78, 5) is -0.0581. The summed E-state index contributed by atoms with van der Waals surface area (Å²) in [7, 11) is -7.42. The second-order valence-corrected chi connectivity index (χ2v) is 9.81. The highest BCUT2D eigenvalue weighted by atomic mass is 35.5. The fraction of sp³-hybridized carbons (Fsp3) is 0.250. The highest BCUT2D eigenvalue weighted by molar-refractivity contribution is 7.93. The van der Waals surface area contributed by atoms with Crippen LogP contribution in [0.3, 0.4) is 0 Å². The van der Waals surface area contributed by atoms with Crippen molar-refractivity contribution in [3.05, 3.63) is 53.6 Å². The summed E-state index contributed by atoms with van der Waals surface area (Å²) in [6.07, 6.45) is 0. The molecule has 2 aromatic carbocycles. The van der Waals surface area contributed by atoms with Crippen molar-refractivity contribution in [2.24, 2.45) is 5.92 Å². The van der Waals surface area contributed by atoms with Gasteiger partial charge in [-0.2, -0.15) is 0 Å². The van der Waals surface area contributed by atoms with Crippen molar-refractivity contribution in [3.8, 4) is 0 Å². The van der Waals surface area contributed by atoms with Crippen molar-refractivity contribution in [1.82, 2.24) is 0 Å². The van der Waals surface area contributed by atoms with E-state index in [9.17, 15) is 16.8 Å². The van der Waals surface area contributed by atoms with E-state index in [2.05, 4.69) is 9.44 Å². The Morgan fingerprint density at radius 3 is 2.12 bits per heavy atom. The molecule has 0 aliphatic rings. The number of sulfonamides is 2. The number of nitrogens with one attached hydrogen (secondary N) is 2. The maximum absolute atomic E-state index is 12.5. The van der Waals surface area contributed by atoms with Crippen molar-refractivity contribution < 1.29 is 16.8 Å². The summed E-state index contributed by atoms with van der Waals surface area (Å²) in [5.41, 5.74) is 0.507. The number of hydrogen-bond acceptors (Lipinski definition) is 4. The van der Waals surface area contributed by atoms with Crippen LogP contribution in [0.5, 0.6) is 0 Å². The molecule has 0 heterocycles. The average molecular weight is 403 g/mol. The van der Waals surface area contributed by atoms with Gasteiger partial charge in [-0.15, -0.1) is 0 Å². The molecule has 0 aromatic heterocycles. The van der Waals surface area contributed by atoms with Crippen LogP contribution in [0.25, 0.3) is 0 Å². The molecule has 9 heteroatoms. The van der Waals surface area contributed by atoms with Gasteiger partial charge >= 0.3 is 0 Å². The smallest absolute Gasteiger partial charge is 0.261 e. The molecule has 0 aliphatic carbocycles. The molecule has 0 spiro atoms. The minimum Gasteiger partial charge on any atom is -0.284 e. The van der Waals surface area contributed by atoms with E-state index in [1.165, 1.54) is 30.3 Å². The molecular weight excluding hydrogens is 384 g/mol. The quantitative estimate of drug-likeness (QED) is 0.740. The van der Waals surface area contributed by atoms with E-state index in [-0.39, 0.29) is 22.3 Å². The van der Waals surface area contributed by atoms with Gasteiger partial charge in [0.1, 0.15) is 0 Å². The third-order valence-electron chi connectivity index (χ3n) is 3.05. The molecule has 0 bridgehead atoms. The van der Waals surface area contributed by atoms with Gasteiger partial charge in [0.2, 0.25) is 10.0 Å². The second kappa shape index (κ2) is 7.63. The largest absolute Gasteiger partial charge is 0.284 e. The highest BCUT2D eigenvalue weighted by Gasteiger charge is 2.17. The van der Waals surface area contributed by atoms with Crippen molar-refractivity contribution in [1.29, 1.82) is 0 Å². The maximum Gasteiger partial charge on any atom is 0.261 e. The van der Waals surface area contributed by atoms with E-state index < -0.39 is 20.0 Å². The summed E-state index contributed by atoms with van der Waals surface area (Å²) < 4.78 is 53.8. The minimum absolute atomic E-state index is 0.0473. The van der Waals surface area contributed by atoms with Crippen LogP contribution in [0.15, 0.2) is 53.4 Å². The molecule has 0 amide bonds. The van der Waals surface area contributed by atoms with Gasteiger partial charge in [-0.1, -0.05) is 37.6 Å². The molecule has 25 heavy (non-hydrogen) atoms. The number of hydrogen-bond donors (Lipinski definition) is 2. The number of rotatable bonds is 7. The first-order chi connectivity index (χ1) is 11.6. The molecule has 0 aliphatic heterocycles. The molecule has 6 nitrogen and oxygen atoms in total. The lowest BCUT2D eigenvalue weighted by molar-refractivity contribution is 0.587. The Bertz CT molecular complexity index is 958. The summed E-state index contributed by atoms with van der Waals surface area (Å²) in [6.45, 7) is 3.57. The van der Waals surface area contributed by atoms with Crippen LogP contribution in [-0.4, -0.2) is 22.6 Å². The summed E-state index contributed by atoms with van der Waals surface area (Å²) in [6, 6.07) is 11.9. The van der Waals surface area contributed by atoms with Gasteiger partial charge < -0.3 is 0 Å². The first-order valence-electron chi connectivity index (χ1n) is 7.46. The normalized spacial score (nSPS) is 12.2. The summed E-state index contributed by atoms with van der Waals surface area (Å²) in [5.74, 6) is -0.0982. The van der Waals surface area contributed by atoms with Crippen LogP contribution in [0, 0.1) is 5.92 Å². The van der Waals surface area contributed by atoms with Crippen LogP contribution in [0.2, 0.25) is 5.02 Å². The van der Waals surface area contributed by atoms with E-state index in [4.69, 9.17) is 11.6 Å². The lowest BCUT2D eigenvalue weighted by Gasteiger charge is -2.12. The Morgan fingerprint density at radius 2 is 1.52 bits per heavy atom. The zero-order valence-corrected chi connectivity index (χ0v) is 16.1. The first kappa shape index (κ1) is 19.6. The second-order valence-electron chi connectivity index (χ2n) is 5.92. The maximum atomic E-state index is 12.5. The number of anilines is 2. The Kier molecular flexibility index (Phi) is 5.97. The molecule has 0 fully saturated rings. The fourth-order valence-corrected chi connectivity index (χ4v) is 4.89. The van der Waals surface area contributed by atoms with E-state index in [0.29, 0.717) is 10.7 Å². The van der Waals surface area contributed by atoms with Crippen LogP contribution in [0.1, 0.15) is 13.8 Å².